The van der Waals surface area contributed by atoms with Gasteiger partial charge in [0.15, 0.2) is 5.84 Å². The Bertz CT molecular complexity index is 1210. The van der Waals surface area contributed by atoms with Crippen LogP contribution in [0.4, 0.5) is 5.69 Å². The Labute approximate surface area is 211 Å². The minimum Gasteiger partial charge on any atom is -0.516 e. The number of amidine groups is 1. The highest BCUT2D eigenvalue weighted by Gasteiger charge is 2.36. The normalized spacial score (nSPS) is 25.6. The molecule has 3 heterocycles. The van der Waals surface area contributed by atoms with Gasteiger partial charge in [-0.2, -0.15) is 5.10 Å². The molecule has 0 bridgehead atoms. The summed E-state index contributed by atoms with van der Waals surface area (Å²) in [4.78, 5) is 4.33. The number of hydrazone groups is 1. The summed E-state index contributed by atoms with van der Waals surface area (Å²) in [5.41, 5.74) is 13.9. The monoisotopic (exact) mass is 487 g/mol. The van der Waals surface area contributed by atoms with Crippen LogP contribution in [-0.4, -0.2) is 71.1 Å². The fourth-order valence-corrected chi connectivity index (χ4v) is 5.36. The van der Waals surface area contributed by atoms with Crippen LogP contribution in [0.2, 0.25) is 0 Å². The number of benzene rings is 1. The standard InChI is InChI=1S/C27H33N7O2/c1-33-26(31-32-27(33)23-4-2-3-11-34(23)16-20(28)9-12-35)19-5-7-22(29)21(15-19)25(30)18-6-8-24-17(14-18)10-13-36-24/h2-3,5,7-9,12,14-15,18,23,27-28,30,32,35H,4,6,10-11,13,16,29H2,1H3/b12-9-,28-20?,30-25?. The van der Waals surface area contributed by atoms with Gasteiger partial charge in [-0.05, 0) is 48.8 Å². The molecule has 0 saturated carbocycles. The van der Waals surface area contributed by atoms with Gasteiger partial charge in [0.25, 0.3) is 0 Å². The van der Waals surface area contributed by atoms with Crippen molar-refractivity contribution < 1.29 is 9.84 Å². The predicted octanol–water partition coefficient (Wildman–Crippen LogP) is 3.13. The molecule has 5 rings (SSSR count). The summed E-state index contributed by atoms with van der Waals surface area (Å²) in [6.07, 6.45) is 13.2. The molecule has 6 N–H and O–H groups in total. The van der Waals surface area contributed by atoms with Crippen molar-refractivity contribution in [2.45, 2.75) is 31.5 Å². The van der Waals surface area contributed by atoms with Gasteiger partial charge in [0.1, 0.15) is 11.9 Å². The van der Waals surface area contributed by atoms with E-state index in [2.05, 4.69) is 44.6 Å². The summed E-state index contributed by atoms with van der Waals surface area (Å²) in [5.74, 6) is 1.74. The Hall–Kier alpha value is -3.85. The van der Waals surface area contributed by atoms with E-state index in [0.29, 0.717) is 30.3 Å². The molecule has 1 aromatic carbocycles. The van der Waals surface area contributed by atoms with Crippen molar-refractivity contribution in [2.75, 3.05) is 32.5 Å². The van der Waals surface area contributed by atoms with Crippen LogP contribution in [0, 0.1) is 16.7 Å². The maximum absolute atomic E-state index is 9.02. The van der Waals surface area contributed by atoms with Gasteiger partial charge in [0, 0.05) is 60.7 Å². The number of nitrogens with two attached hydrogens (primary N) is 1. The molecule has 3 aliphatic heterocycles. The number of allylic oxidation sites excluding steroid dienone is 3. The molecule has 3 unspecified atom stereocenters. The Morgan fingerprint density at radius 1 is 1.31 bits per heavy atom. The number of nitrogens with zero attached hydrogens (tertiary/aromatic N) is 3. The molecular weight excluding hydrogens is 454 g/mol. The maximum atomic E-state index is 9.02. The molecule has 1 fully saturated rings. The Morgan fingerprint density at radius 3 is 3.00 bits per heavy atom. The smallest absolute Gasteiger partial charge is 0.157 e. The van der Waals surface area contributed by atoms with Gasteiger partial charge < -0.3 is 31.3 Å². The summed E-state index contributed by atoms with van der Waals surface area (Å²) < 4.78 is 5.65. The number of nitrogens with one attached hydrogen (secondary N) is 3. The second-order valence-corrected chi connectivity index (χ2v) is 9.58. The number of anilines is 1. The molecular formula is C27H33N7O2. The molecule has 188 valence electrons. The largest absolute Gasteiger partial charge is 0.516 e. The number of nitrogen functional groups attached to an aromatic ring is 1. The van der Waals surface area contributed by atoms with Gasteiger partial charge >= 0.3 is 0 Å². The third-order valence-electron chi connectivity index (χ3n) is 7.30. The minimum absolute atomic E-state index is 0.0250. The molecule has 0 aromatic heterocycles. The number of ether oxygens (including phenoxy) is 1. The lowest BCUT2D eigenvalue weighted by Crippen LogP contribution is -2.56. The van der Waals surface area contributed by atoms with Crippen molar-refractivity contribution >= 4 is 22.9 Å². The van der Waals surface area contributed by atoms with E-state index in [4.69, 9.17) is 26.4 Å². The molecule has 9 nitrogen and oxygen atoms in total. The number of rotatable bonds is 7. The highest BCUT2D eigenvalue weighted by Crippen LogP contribution is 2.33. The lowest BCUT2D eigenvalue weighted by atomic mass is 9.86. The maximum Gasteiger partial charge on any atom is 0.157 e. The summed E-state index contributed by atoms with van der Waals surface area (Å²) >= 11 is 0. The van der Waals surface area contributed by atoms with Crippen molar-refractivity contribution in [2.24, 2.45) is 11.0 Å². The number of hydrogen-bond donors (Lipinski definition) is 5. The number of hydrogen-bond acceptors (Lipinski definition) is 9. The Morgan fingerprint density at radius 2 is 2.17 bits per heavy atom. The number of aliphatic hydroxyl groups is 1. The van der Waals surface area contributed by atoms with Crippen molar-refractivity contribution in [1.29, 1.82) is 10.8 Å². The van der Waals surface area contributed by atoms with E-state index in [0.717, 1.165) is 54.8 Å². The van der Waals surface area contributed by atoms with E-state index in [1.54, 1.807) is 0 Å². The van der Waals surface area contributed by atoms with Crippen LogP contribution in [0.25, 0.3) is 0 Å². The van der Waals surface area contributed by atoms with Crippen molar-refractivity contribution in [3.05, 3.63) is 77.3 Å². The van der Waals surface area contributed by atoms with Crippen LogP contribution in [0.1, 0.15) is 30.4 Å². The molecule has 0 radical (unpaired) electrons. The summed E-state index contributed by atoms with van der Waals surface area (Å²) in [6.45, 7) is 1.88. The van der Waals surface area contributed by atoms with E-state index in [1.165, 1.54) is 11.6 Å². The van der Waals surface area contributed by atoms with E-state index in [1.807, 2.05) is 25.2 Å². The zero-order valence-electron chi connectivity index (χ0n) is 20.4. The zero-order valence-corrected chi connectivity index (χ0v) is 20.4. The number of aliphatic hydroxyl groups excluding tert-OH is 1. The van der Waals surface area contributed by atoms with E-state index >= 15 is 0 Å². The van der Waals surface area contributed by atoms with Gasteiger partial charge in [-0.1, -0.05) is 18.2 Å². The molecule has 36 heavy (non-hydrogen) atoms. The molecule has 9 heteroatoms. The SMILES string of the molecule is CN1C(c2ccc(N)c(C(=N)C3C=C4CCOC4=CC3)c2)=NNC1C1CC=CCN1CC(=N)/C=C\O. The highest BCUT2D eigenvalue weighted by atomic mass is 16.5. The quantitative estimate of drug-likeness (QED) is 0.174. The zero-order chi connectivity index (χ0) is 25.2. The summed E-state index contributed by atoms with van der Waals surface area (Å²) in [6, 6.07) is 5.88. The molecule has 4 aliphatic rings. The first-order valence-electron chi connectivity index (χ1n) is 12.3. The van der Waals surface area contributed by atoms with Gasteiger partial charge in [-0.3, -0.25) is 10.3 Å². The average molecular weight is 488 g/mol. The third kappa shape index (κ3) is 4.54. The van der Waals surface area contributed by atoms with Crippen molar-refractivity contribution in [1.82, 2.24) is 15.2 Å². The molecule has 1 saturated heterocycles. The average Bonchev–Trinajstić information content (AvgIpc) is 3.50. The predicted molar refractivity (Wildman–Crippen MR) is 142 cm³/mol. The molecule has 0 amide bonds. The number of likely N-dealkylation sites (N-methyl/N-ethyl adjacent to an activating group) is 1. The van der Waals surface area contributed by atoms with Crippen molar-refractivity contribution in [3.63, 3.8) is 0 Å². The second kappa shape index (κ2) is 10.0. The lowest BCUT2D eigenvalue weighted by molar-refractivity contribution is 0.139. The second-order valence-electron chi connectivity index (χ2n) is 9.58. The molecule has 1 aromatic rings. The van der Waals surface area contributed by atoms with Crippen LogP contribution in [-0.2, 0) is 4.74 Å². The fourth-order valence-electron chi connectivity index (χ4n) is 5.36. The van der Waals surface area contributed by atoms with Crippen LogP contribution < -0.4 is 11.2 Å². The highest BCUT2D eigenvalue weighted by molar-refractivity contribution is 6.08. The molecule has 3 atom stereocenters. The van der Waals surface area contributed by atoms with Crippen molar-refractivity contribution in [3.8, 4) is 0 Å². The summed E-state index contributed by atoms with van der Waals surface area (Å²) in [7, 11) is 2.01. The summed E-state index contributed by atoms with van der Waals surface area (Å²) in [5, 5.41) is 30.7. The molecule has 0 spiro atoms. The van der Waals surface area contributed by atoms with E-state index < -0.39 is 0 Å². The first-order valence-corrected chi connectivity index (χ1v) is 12.3. The van der Waals surface area contributed by atoms with Gasteiger partial charge in [-0.25, -0.2) is 0 Å². The fraction of sp³-hybridized carbons (Fsp3) is 0.370. The first kappa shape index (κ1) is 23.9. The lowest BCUT2D eigenvalue weighted by Gasteiger charge is -2.39. The van der Waals surface area contributed by atoms with Gasteiger partial charge in [0.05, 0.1) is 18.9 Å². The van der Waals surface area contributed by atoms with E-state index in [-0.39, 0.29) is 18.1 Å². The van der Waals surface area contributed by atoms with Gasteiger partial charge in [0.2, 0.25) is 0 Å². The van der Waals surface area contributed by atoms with Crippen LogP contribution in [0.15, 0.2) is 71.3 Å². The Kier molecular flexibility index (Phi) is 6.65. The van der Waals surface area contributed by atoms with Gasteiger partial charge in [-0.15, -0.1) is 0 Å². The van der Waals surface area contributed by atoms with Crippen LogP contribution in [0.3, 0.4) is 0 Å². The number of fused-ring (bicyclic) bond motifs is 1. The minimum atomic E-state index is -0.0784. The third-order valence-corrected chi connectivity index (χ3v) is 7.30. The molecule has 1 aliphatic carbocycles. The van der Waals surface area contributed by atoms with E-state index in [9.17, 15) is 0 Å². The topological polar surface area (TPSA) is 134 Å². The van der Waals surface area contributed by atoms with Crippen LogP contribution in [0.5, 0.6) is 0 Å². The van der Waals surface area contributed by atoms with Crippen LogP contribution >= 0.6 is 0 Å². The first-order chi connectivity index (χ1) is 17.5. The Balaban J connectivity index is 1.33.